The van der Waals surface area contributed by atoms with E-state index >= 15 is 0 Å². The molecule has 1 aromatic carbocycles. The largest absolute Gasteiger partial charge is 0.496 e. The van der Waals surface area contributed by atoms with Gasteiger partial charge in [-0.1, -0.05) is 0 Å². The van der Waals surface area contributed by atoms with E-state index in [4.69, 9.17) is 26.4 Å². The van der Waals surface area contributed by atoms with Crippen LogP contribution in [-0.2, 0) is 14.3 Å². The molecule has 3 rings (SSSR count). The van der Waals surface area contributed by atoms with Gasteiger partial charge in [0.25, 0.3) is 5.91 Å². The lowest BCUT2D eigenvalue weighted by atomic mass is 10.1. The summed E-state index contributed by atoms with van der Waals surface area (Å²) in [5.41, 5.74) is 0.835. The van der Waals surface area contributed by atoms with E-state index in [0.717, 1.165) is 4.90 Å². The fourth-order valence-electron chi connectivity index (χ4n) is 2.29. The van der Waals surface area contributed by atoms with E-state index in [-0.39, 0.29) is 24.1 Å². The van der Waals surface area contributed by atoms with Gasteiger partial charge in [0.15, 0.2) is 16.6 Å². The van der Waals surface area contributed by atoms with Crippen LogP contribution in [0, 0.1) is 0 Å². The van der Waals surface area contributed by atoms with Gasteiger partial charge in [0.1, 0.15) is 18.0 Å². The smallest absolute Gasteiger partial charge is 0.325 e. The molecule has 1 amide bonds. The van der Waals surface area contributed by atoms with Gasteiger partial charge in [-0.15, -0.1) is 0 Å². The minimum atomic E-state index is -0.561. The summed E-state index contributed by atoms with van der Waals surface area (Å²) in [5.74, 6) is 0.655. The van der Waals surface area contributed by atoms with Crippen molar-refractivity contribution >= 4 is 35.3 Å². The Morgan fingerprint density at radius 1 is 1.38 bits per heavy atom. The van der Waals surface area contributed by atoms with E-state index in [1.807, 2.05) is 0 Å². The van der Waals surface area contributed by atoms with Crippen LogP contribution in [-0.4, -0.2) is 49.4 Å². The Bertz CT molecular complexity index is 761. The highest BCUT2D eigenvalue weighted by atomic mass is 32.1. The van der Waals surface area contributed by atoms with Crippen molar-refractivity contribution in [2.24, 2.45) is 0 Å². The highest BCUT2D eigenvalue weighted by Gasteiger charge is 2.32. The van der Waals surface area contributed by atoms with Crippen LogP contribution in [0.3, 0.4) is 0 Å². The molecule has 9 heteroatoms. The zero-order valence-electron chi connectivity index (χ0n) is 13.0. The molecule has 0 bridgehead atoms. The summed E-state index contributed by atoms with van der Waals surface area (Å²) < 4.78 is 20.5. The maximum absolute atomic E-state index is 12.4. The van der Waals surface area contributed by atoms with Gasteiger partial charge in [0, 0.05) is 11.6 Å². The molecule has 2 aliphatic heterocycles. The van der Waals surface area contributed by atoms with Crippen LogP contribution in [0.15, 0.2) is 17.8 Å². The Labute approximate surface area is 142 Å². The van der Waals surface area contributed by atoms with Gasteiger partial charge in [0.2, 0.25) is 6.79 Å². The first kappa shape index (κ1) is 16.1. The SMILES string of the molecule is COC(=O)CN1C(=O)/C(=C/c2cc3c(cc2OC)OCO3)NC1=S. The van der Waals surface area contributed by atoms with Crippen molar-refractivity contribution in [2.75, 3.05) is 27.6 Å². The van der Waals surface area contributed by atoms with Crippen LogP contribution < -0.4 is 19.5 Å². The first-order valence-corrected chi connectivity index (χ1v) is 7.33. The lowest BCUT2D eigenvalue weighted by molar-refractivity contribution is -0.143. The molecule has 0 atom stereocenters. The molecule has 2 aliphatic rings. The second-order valence-corrected chi connectivity index (χ2v) is 5.29. The van der Waals surface area contributed by atoms with Gasteiger partial charge < -0.3 is 24.3 Å². The highest BCUT2D eigenvalue weighted by molar-refractivity contribution is 7.80. The van der Waals surface area contributed by atoms with Crippen LogP contribution in [0.5, 0.6) is 17.2 Å². The molecule has 1 saturated heterocycles. The third-order valence-corrected chi connectivity index (χ3v) is 3.82. The van der Waals surface area contributed by atoms with Gasteiger partial charge in [-0.05, 0) is 24.4 Å². The summed E-state index contributed by atoms with van der Waals surface area (Å²) in [5, 5.41) is 2.92. The highest BCUT2D eigenvalue weighted by Crippen LogP contribution is 2.39. The summed E-state index contributed by atoms with van der Waals surface area (Å²) in [6.07, 6.45) is 1.58. The minimum absolute atomic E-state index is 0.132. The van der Waals surface area contributed by atoms with Crippen molar-refractivity contribution in [1.82, 2.24) is 10.2 Å². The van der Waals surface area contributed by atoms with Crippen molar-refractivity contribution in [3.63, 3.8) is 0 Å². The molecule has 1 fully saturated rings. The van der Waals surface area contributed by atoms with Crippen molar-refractivity contribution in [3.05, 3.63) is 23.4 Å². The van der Waals surface area contributed by atoms with Gasteiger partial charge >= 0.3 is 5.97 Å². The second kappa shape index (κ2) is 6.36. The molecular weight excluding hydrogens is 336 g/mol. The van der Waals surface area contributed by atoms with Crippen molar-refractivity contribution in [3.8, 4) is 17.2 Å². The molecule has 0 spiro atoms. The molecule has 2 heterocycles. The Morgan fingerprint density at radius 2 is 2.08 bits per heavy atom. The maximum atomic E-state index is 12.4. The maximum Gasteiger partial charge on any atom is 0.325 e. The van der Waals surface area contributed by atoms with E-state index in [2.05, 4.69) is 10.1 Å². The number of fused-ring (bicyclic) bond motifs is 1. The van der Waals surface area contributed by atoms with Crippen LogP contribution in [0.4, 0.5) is 0 Å². The van der Waals surface area contributed by atoms with E-state index in [0.29, 0.717) is 22.8 Å². The molecule has 0 aliphatic carbocycles. The van der Waals surface area contributed by atoms with E-state index < -0.39 is 11.9 Å². The van der Waals surface area contributed by atoms with Crippen LogP contribution in [0.25, 0.3) is 6.08 Å². The summed E-state index contributed by atoms with van der Waals surface area (Å²) in [6.45, 7) is -0.122. The number of carbonyl (C=O) groups excluding carboxylic acids is 2. The number of nitrogens with zero attached hydrogens (tertiary/aromatic N) is 1. The van der Waals surface area contributed by atoms with E-state index in [1.165, 1.54) is 14.2 Å². The average Bonchev–Trinajstić information content (AvgIpc) is 3.13. The first-order valence-electron chi connectivity index (χ1n) is 6.92. The Morgan fingerprint density at radius 3 is 2.75 bits per heavy atom. The molecule has 0 unspecified atom stereocenters. The Kier molecular flexibility index (Phi) is 4.26. The molecule has 0 aromatic heterocycles. The number of ether oxygens (including phenoxy) is 4. The monoisotopic (exact) mass is 350 g/mol. The van der Waals surface area contributed by atoms with Crippen LogP contribution >= 0.6 is 12.2 Å². The molecule has 24 heavy (non-hydrogen) atoms. The number of hydrogen-bond donors (Lipinski definition) is 1. The second-order valence-electron chi connectivity index (χ2n) is 4.90. The number of methoxy groups -OCH3 is 2. The van der Waals surface area contributed by atoms with E-state index in [9.17, 15) is 9.59 Å². The predicted molar refractivity (Wildman–Crippen MR) is 86.6 cm³/mol. The Balaban J connectivity index is 1.91. The normalized spacial score (nSPS) is 17.2. The average molecular weight is 350 g/mol. The van der Waals surface area contributed by atoms with Crippen molar-refractivity contribution in [2.45, 2.75) is 0 Å². The molecule has 0 radical (unpaired) electrons. The number of amides is 1. The van der Waals surface area contributed by atoms with Crippen molar-refractivity contribution in [1.29, 1.82) is 0 Å². The quantitative estimate of drug-likeness (QED) is 0.481. The predicted octanol–water partition coefficient (Wildman–Crippen LogP) is 0.654. The number of esters is 1. The van der Waals surface area contributed by atoms with Crippen LogP contribution in [0.1, 0.15) is 5.56 Å². The van der Waals surface area contributed by atoms with Crippen molar-refractivity contribution < 1.29 is 28.5 Å². The lowest BCUT2D eigenvalue weighted by Crippen LogP contribution is -2.35. The first-order chi connectivity index (χ1) is 11.5. The Hall–Kier alpha value is -2.81. The van der Waals surface area contributed by atoms with Gasteiger partial charge in [0.05, 0.1) is 14.2 Å². The number of rotatable bonds is 4. The number of benzene rings is 1. The molecule has 1 N–H and O–H groups in total. The number of hydrogen-bond acceptors (Lipinski definition) is 7. The topological polar surface area (TPSA) is 86.3 Å². The number of carbonyl (C=O) groups is 2. The summed E-state index contributed by atoms with van der Waals surface area (Å²) in [4.78, 5) is 24.9. The summed E-state index contributed by atoms with van der Waals surface area (Å²) >= 11 is 5.09. The fourth-order valence-corrected chi connectivity index (χ4v) is 2.55. The molecule has 8 nitrogen and oxygen atoms in total. The lowest BCUT2D eigenvalue weighted by Gasteiger charge is -2.11. The van der Waals surface area contributed by atoms with E-state index in [1.54, 1.807) is 18.2 Å². The summed E-state index contributed by atoms with van der Waals surface area (Å²) in [6, 6.07) is 3.38. The number of thiocarbonyl (C=S) groups is 1. The molecule has 1 aromatic rings. The third kappa shape index (κ3) is 2.85. The minimum Gasteiger partial charge on any atom is -0.496 e. The fraction of sp³-hybridized carbons (Fsp3) is 0.267. The standard InChI is InChI=1S/C15H14N2O6S/c1-20-10-5-12-11(22-7-23-12)4-8(10)3-9-14(19)17(15(24)16-9)6-13(18)21-2/h3-5H,6-7H2,1-2H3,(H,16,24)/b9-3-. The number of nitrogens with one attached hydrogen (secondary N) is 1. The molecule has 0 saturated carbocycles. The zero-order valence-corrected chi connectivity index (χ0v) is 13.8. The zero-order chi connectivity index (χ0) is 17.3. The van der Waals surface area contributed by atoms with Gasteiger partial charge in [-0.2, -0.15) is 0 Å². The molecule has 126 valence electrons. The van der Waals surface area contributed by atoms with Gasteiger partial charge in [-0.3, -0.25) is 14.5 Å². The summed E-state index contributed by atoms with van der Waals surface area (Å²) in [7, 11) is 2.76. The third-order valence-electron chi connectivity index (χ3n) is 3.50. The van der Waals surface area contributed by atoms with Crippen LogP contribution in [0.2, 0.25) is 0 Å². The van der Waals surface area contributed by atoms with Gasteiger partial charge in [-0.25, -0.2) is 0 Å². The molecular formula is C15H14N2O6S.